The number of rotatable bonds is 6. The summed E-state index contributed by atoms with van der Waals surface area (Å²) in [6, 6.07) is 22.5. The molecule has 3 aromatic carbocycles. The quantitative estimate of drug-likeness (QED) is 0.646. The van der Waals surface area contributed by atoms with E-state index in [4.69, 9.17) is 0 Å². The second-order valence-corrected chi connectivity index (χ2v) is 6.14. The van der Waals surface area contributed by atoms with Gasteiger partial charge in [-0.05, 0) is 30.5 Å². The van der Waals surface area contributed by atoms with E-state index in [2.05, 4.69) is 60.0 Å². The lowest BCUT2D eigenvalue weighted by atomic mass is 9.98. The summed E-state index contributed by atoms with van der Waals surface area (Å²) in [4.78, 5) is 0. The van der Waals surface area contributed by atoms with Gasteiger partial charge in [-0.2, -0.15) is 0 Å². The van der Waals surface area contributed by atoms with Crippen molar-refractivity contribution in [2.45, 2.75) is 19.1 Å². The molecule has 0 unspecified atom stereocenters. The second kappa shape index (κ2) is 7.47. The summed E-state index contributed by atoms with van der Waals surface area (Å²) in [5.41, 5.74) is 3.33. The van der Waals surface area contributed by atoms with Crippen LogP contribution < -0.4 is 10.6 Å². The molecule has 124 valence electrons. The van der Waals surface area contributed by atoms with Gasteiger partial charge < -0.3 is 15.7 Å². The molecule has 3 rings (SSSR count). The molecule has 3 N–H and O–H groups in total. The zero-order valence-electron chi connectivity index (χ0n) is 14.2. The minimum absolute atomic E-state index is 0.178. The molecular weight excluding hydrogens is 296 g/mol. The Labute approximate surface area is 143 Å². The van der Waals surface area contributed by atoms with Crippen LogP contribution in [0.3, 0.4) is 0 Å². The summed E-state index contributed by atoms with van der Waals surface area (Å²) in [5, 5.41) is 19.7. The predicted octanol–water partition coefficient (Wildman–Crippen LogP) is 3.88. The number of hydrogen-bond acceptors (Lipinski definition) is 3. The molecule has 0 amide bonds. The van der Waals surface area contributed by atoms with E-state index in [9.17, 15) is 5.11 Å². The molecule has 3 heteroatoms. The molecule has 0 aliphatic carbocycles. The lowest BCUT2D eigenvalue weighted by molar-refractivity contribution is 0.152. The monoisotopic (exact) mass is 320 g/mol. The molecule has 0 fully saturated rings. The fourth-order valence-electron chi connectivity index (χ4n) is 3.12. The Hall–Kier alpha value is -2.36. The standard InChI is InChI=1S/C21H24N2O/c1-15-12-13-16-8-6-7-11-18(16)20(15)23-21(19(24)14-22-2)17-9-4-3-5-10-17/h3-13,19,21-24H,14H2,1-2H3/t19-,21+/m1/s1. The topological polar surface area (TPSA) is 44.3 Å². The number of likely N-dealkylation sites (N-methyl/N-ethyl adjacent to an activating group) is 1. The van der Waals surface area contributed by atoms with Crippen LogP contribution in [0.4, 0.5) is 5.69 Å². The highest BCUT2D eigenvalue weighted by molar-refractivity contribution is 5.95. The Morgan fingerprint density at radius 1 is 0.917 bits per heavy atom. The summed E-state index contributed by atoms with van der Waals surface area (Å²) < 4.78 is 0. The van der Waals surface area contributed by atoms with Crippen LogP contribution >= 0.6 is 0 Å². The summed E-state index contributed by atoms with van der Waals surface area (Å²) >= 11 is 0. The zero-order chi connectivity index (χ0) is 16.9. The van der Waals surface area contributed by atoms with Crippen molar-refractivity contribution in [3.63, 3.8) is 0 Å². The molecule has 0 heterocycles. The highest BCUT2D eigenvalue weighted by atomic mass is 16.3. The van der Waals surface area contributed by atoms with Gasteiger partial charge in [-0.15, -0.1) is 0 Å². The number of aryl methyl sites for hydroxylation is 1. The van der Waals surface area contributed by atoms with Crippen molar-refractivity contribution >= 4 is 16.5 Å². The van der Waals surface area contributed by atoms with E-state index in [0.29, 0.717) is 6.54 Å². The summed E-state index contributed by atoms with van der Waals surface area (Å²) in [6.45, 7) is 2.62. The smallest absolute Gasteiger partial charge is 0.0907 e. The third-order valence-electron chi connectivity index (χ3n) is 4.39. The van der Waals surface area contributed by atoms with E-state index in [0.717, 1.165) is 11.3 Å². The average Bonchev–Trinajstić information content (AvgIpc) is 2.62. The van der Waals surface area contributed by atoms with E-state index in [-0.39, 0.29) is 6.04 Å². The van der Waals surface area contributed by atoms with E-state index in [1.807, 2.05) is 31.3 Å². The second-order valence-electron chi connectivity index (χ2n) is 6.14. The number of hydrogen-bond donors (Lipinski definition) is 3. The number of benzene rings is 3. The van der Waals surface area contributed by atoms with Crippen LogP contribution in [-0.4, -0.2) is 24.8 Å². The highest BCUT2D eigenvalue weighted by Crippen LogP contribution is 2.31. The maximum Gasteiger partial charge on any atom is 0.0907 e. The van der Waals surface area contributed by atoms with Gasteiger partial charge in [-0.3, -0.25) is 0 Å². The Morgan fingerprint density at radius 3 is 2.38 bits per heavy atom. The van der Waals surface area contributed by atoms with E-state index in [1.54, 1.807) is 0 Å². The van der Waals surface area contributed by atoms with Crippen molar-refractivity contribution in [2.24, 2.45) is 0 Å². The molecule has 0 saturated carbocycles. The molecule has 2 atom stereocenters. The molecule has 0 bridgehead atoms. The SMILES string of the molecule is CNC[C@@H](O)[C@@H](Nc1c(C)ccc2ccccc12)c1ccccc1. The van der Waals surface area contributed by atoms with Gasteiger partial charge in [0.2, 0.25) is 0 Å². The van der Waals surface area contributed by atoms with Crippen LogP contribution in [0.2, 0.25) is 0 Å². The van der Waals surface area contributed by atoms with Crippen LogP contribution in [0.5, 0.6) is 0 Å². The van der Waals surface area contributed by atoms with Gasteiger partial charge in [-0.1, -0.05) is 66.7 Å². The first-order chi connectivity index (χ1) is 11.7. The van der Waals surface area contributed by atoms with E-state index in [1.165, 1.54) is 16.3 Å². The van der Waals surface area contributed by atoms with Crippen LogP contribution in [0.1, 0.15) is 17.2 Å². The molecule has 0 aliphatic heterocycles. The predicted molar refractivity (Wildman–Crippen MR) is 101 cm³/mol. The van der Waals surface area contributed by atoms with E-state index < -0.39 is 6.10 Å². The first-order valence-corrected chi connectivity index (χ1v) is 8.33. The van der Waals surface area contributed by atoms with Crippen molar-refractivity contribution in [1.29, 1.82) is 0 Å². The number of aliphatic hydroxyl groups is 1. The van der Waals surface area contributed by atoms with Crippen LogP contribution in [-0.2, 0) is 0 Å². The molecule has 24 heavy (non-hydrogen) atoms. The molecule has 3 aromatic rings. The number of fused-ring (bicyclic) bond motifs is 1. The fraction of sp³-hybridized carbons (Fsp3) is 0.238. The maximum atomic E-state index is 10.7. The summed E-state index contributed by atoms with van der Waals surface area (Å²) in [6.07, 6.45) is -0.532. The summed E-state index contributed by atoms with van der Waals surface area (Å²) in [7, 11) is 1.86. The van der Waals surface area contributed by atoms with Crippen LogP contribution in [0, 0.1) is 6.92 Å². The number of nitrogens with one attached hydrogen (secondary N) is 2. The molecule has 3 nitrogen and oxygen atoms in total. The van der Waals surface area contributed by atoms with Crippen LogP contribution in [0.15, 0.2) is 66.7 Å². The molecule has 0 radical (unpaired) electrons. The molecule has 0 aliphatic rings. The van der Waals surface area contributed by atoms with Crippen molar-refractivity contribution in [1.82, 2.24) is 5.32 Å². The van der Waals surface area contributed by atoms with Crippen molar-refractivity contribution < 1.29 is 5.11 Å². The van der Waals surface area contributed by atoms with E-state index >= 15 is 0 Å². The molecule has 0 aromatic heterocycles. The van der Waals surface area contributed by atoms with Crippen LogP contribution in [0.25, 0.3) is 10.8 Å². The third-order valence-corrected chi connectivity index (χ3v) is 4.39. The number of anilines is 1. The highest BCUT2D eigenvalue weighted by Gasteiger charge is 2.21. The van der Waals surface area contributed by atoms with Gasteiger partial charge >= 0.3 is 0 Å². The Morgan fingerprint density at radius 2 is 1.62 bits per heavy atom. The average molecular weight is 320 g/mol. The van der Waals surface area contributed by atoms with Gasteiger partial charge in [0.15, 0.2) is 0 Å². The van der Waals surface area contributed by atoms with Gasteiger partial charge in [0.05, 0.1) is 12.1 Å². The largest absolute Gasteiger partial charge is 0.389 e. The maximum absolute atomic E-state index is 10.7. The van der Waals surface area contributed by atoms with Crippen molar-refractivity contribution in [3.05, 3.63) is 77.9 Å². The van der Waals surface area contributed by atoms with Gasteiger partial charge in [0.1, 0.15) is 0 Å². The first kappa shape index (κ1) is 16.5. The minimum atomic E-state index is -0.532. The molecule has 0 saturated heterocycles. The normalized spacial score (nSPS) is 13.6. The molecular formula is C21H24N2O. The zero-order valence-corrected chi connectivity index (χ0v) is 14.2. The van der Waals surface area contributed by atoms with Crippen molar-refractivity contribution in [3.8, 4) is 0 Å². The lowest BCUT2D eigenvalue weighted by Gasteiger charge is -2.27. The van der Waals surface area contributed by atoms with Gasteiger partial charge in [0, 0.05) is 17.6 Å². The third kappa shape index (κ3) is 3.42. The summed E-state index contributed by atoms with van der Waals surface area (Å²) in [5.74, 6) is 0. The Kier molecular flexibility index (Phi) is 5.14. The fourth-order valence-corrected chi connectivity index (χ4v) is 3.12. The van der Waals surface area contributed by atoms with Gasteiger partial charge in [0.25, 0.3) is 0 Å². The molecule has 0 spiro atoms. The van der Waals surface area contributed by atoms with Crippen molar-refractivity contribution in [2.75, 3.05) is 18.9 Å². The first-order valence-electron chi connectivity index (χ1n) is 8.33. The Balaban J connectivity index is 2.03. The number of aliphatic hydroxyl groups excluding tert-OH is 1. The Bertz CT molecular complexity index is 801. The lowest BCUT2D eigenvalue weighted by Crippen LogP contribution is -2.34. The van der Waals surface area contributed by atoms with Gasteiger partial charge in [-0.25, -0.2) is 0 Å². The minimum Gasteiger partial charge on any atom is -0.389 e.